The molecule has 3 aromatic carbocycles. The number of aryl methyl sites for hydroxylation is 3. The fraction of sp³-hybridized carbons (Fsp3) is 0.269. The molecule has 0 aromatic heterocycles. The number of carbonyl (C=O) groups excluding carboxylic acids is 1. The molecule has 0 aliphatic rings. The van der Waals surface area contributed by atoms with Gasteiger partial charge in [-0.15, -0.1) is 0 Å². The van der Waals surface area contributed by atoms with E-state index in [1.807, 2.05) is 50.2 Å². The monoisotopic (exact) mass is 450 g/mol. The Balaban J connectivity index is 1.87. The molecule has 0 aliphatic carbocycles. The van der Waals surface area contributed by atoms with Crippen LogP contribution < -0.4 is 9.62 Å². The number of unbranched alkanes of at least 4 members (excludes halogenated alkanes) is 1. The number of amides is 1. The zero-order valence-electron chi connectivity index (χ0n) is 18.8. The van der Waals surface area contributed by atoms with Gasteiger partial charge in [-0.05, 0) is 73.7 Å². The van der Waals surface area contributed by atoms with E-state index >= 15 is 0 Å². The van der Waals surface area contributed by atoms with Crippen LogP contribution in [0, 0.1) is 13.8 Å². The van der Waals surface area contributed by atoms with Gasteiger partial charge in [0, 0.05) is 5.69 Å². The van der Waals surface area contributed by atoms with E-state index in [0.29, 0.717) is 11.4 Å². The summed E-state index contributed by atoms with van der Waals surface area (Å²) in [4.78, 5) is 13.1. The number of rotatable bonds is 9. The van der Waals surface area contributed by atoms with Gasteiger partial charge in [0.15, 0.2) is 0 Å². The van der Waals surface area contributed by atoms with Crippen LogP contribution >= 0.6 is 0 Å². The van der Waals surface area contributed by atoms with Crippen molar-refractivity contribution in [2.45, 2.75) is 44.9 Å². The number of nitrogens with one attached hydrogen (secondary N) is 1. The molecule has 0 atom stereocenters. The molecule has 0 radical (unpaired) electrons. The van der Waals surface area contributed by atoms with E-state index in [1.165, 1.54) is 9.87 Å². The molecule has 3 rings (SSSR count). The number of carbonyl (C=O) groups is 1. The highest BCUT2D eigenvalue weighted by Crippen LogP contribution is 2.28. The normalized spacial score (nSPS) is 11.2. The second-order valence-corrected chi connectivity index (χ2v) is 9.83. The first-order valence-electron chi connectivity index (χ1n) is 10.8. The number of benzene rings is 3. The number of nitrogens with zero attached hydrogens (tertiary/aromatic N) is 1. The standard InChI is InChI=1S/C26H30N2O3S/c1-4-5-9-22-14-16-23(17-15-22)27-26(29)19-28(25-18-20(2)12-13-21(25)3)32(30,31)24-10-7-6-8-11-24/h6-8,10-18H,4-5,9,19H2,1-3H3,(H,27,29). The van der Waals surface area contributed by atoms with Crippen LogP contribution in [0.1, 0.15) is 36.5 Å². The predicted octanol–water partition coefficient (Wildman–Crippen LogP) is 5.48. The molecular formula is C26H30N2O3S. The molecule has 0 unspecified atom stereocenters. The molecule has 5 nitrogen and oxygen atoms in total. The molecule has 32 heavy (non-hydrogen) atoms. The quantitative estimate of drug-likeness (QED) is 0.469. The molecule has 0 heterocycles. The minimum absolute atomic E-state index is 0.147. The van der Waals surface area contributed by atoms with Crippen molar-refractivity contribution >= 4 is 27.3 Å². The lowest BCUT2D eigenvalue weighted by atomic mass is 10.1. The van der Waals surface area contributed by atoms with E-state index in [1.54, 1.807) is 36.4 Å². The fourth-order valence-corrected chi connectivity index (χ4v) is 4.97. The predicted molar refractivity (Wildman–Crippen MR) is 131 cm³/mol. The lowest BCUT2D eigenvalue weighted by Gasteiger charge is -2.26. The molecule has 1 N–H and O–H groups in total. The van der Waals surface area contributed by atoms with E-state index in [4.69, 9.17) is 0 Å². The van der Waals surface area contributed by atoms with Crippen molar-refractivity contribution < 1.29 is 13.2 Å². The second kappa shape index (κ2) is 10.5. The first-order valence-corrected chi connectivity index (χ1v) is 12.3. The zero-order chi connectivity index (χ0) is 23.1. The summed E-state index contributed by atoms with van der Waals surface area (Å²) in [6, 6.07) is 21.5. The summed E-state index contributed by atoms with van der Waals surface area (Å²) in [6.07, 6.45) is 3.25. The Labute approximate surface area is 191 Å². The Hall–Kier alpha value is -3.12. The molecule has 0 saturated carbocycles. The van der Waals surface area contributed by atoms with E-state index in [-0.39, 0.29) is 11.4 Å². The van der Waals surface area contributed by atoms with Gasteiger partial charge in [-0.2, -0.15) is 0 Å². The van der Waals surface area contributed by atoms with Crippen LogP contribution in [0.4, 0.5) is 11.4 Å². The Kier molecular flexibility index (Phi) is 7.70. The molecule has 0 spiro atoms. The number of hydrogen-bond acceptors (Lipinski definition) is 3. The first kappa shape index (κ1) is 23.5. The molecule has 3 aromatic rings. The number of hydrogen-bond donors (Lipinski definition) is 1. The molecule has 168 valence electrons. The Morgan fingerprint density at radius 1 is 0.938 bits per heavy atom. The lowest BCUT2D eigenvalue weighted by molar-refractivity contribution is -0.114. The van der Waals surface area contributed by atoms with Gasteiger partial charge in [-0.3, -0.25) is 9.10 Å². The smallest absolute Gasteiger partial charge is 0.264 e. The SMILES string of the molecule is CCCCc1ccc(NC(=O)CN(c2cc(C)ccc2C)S(=O)(=O)c2ccccc2)cc1. The highest BCUT2D eigenvalue weighted by Gasteiger charge is 2.28. The topological polar surface area (TPSA) is 66.5 Å². The van der Waals surface area contributed by atoms with Crippen molar-refractivity contribution in [3.63, 3.8) is 0 Å². The molecule has 6 heteroatoms. The van der Waals surface area contributed by atoms with Crippen molar-refractivity contribution in [2.75, 3.05) is 16.2 Å². The Morgan fingerprint density at radius 3 is 2.28 bits per heavy atom. The van der Waals surface area contributed by atoms with Crippen LogP contribution in [-0.2, 0) is 21.2 Å². The summed E-state index contributed by atoms with van der Waals surface area (Å²) in [5.41, 5.74) is 4.06. The molecule has 0 bridgehead atoms. The molecule has 1 amide bonds. The molecular weight excluding hydrogens is 420 g/mol. The average Bonchev–Trinajstić information content (AvgIpc) is 2.79. The second-order valence-electron chi connectivity index (χ2n) is 7.96. The van der Waals surface area contributed by atoms with Gasteiger partial charge in [0.2, 0.25) is 5.91 Å². The summed E-state index contributed by atoms with van der Waals surface area (Å²) in [5.74, 6) is -0.397. The maximum absolute atomic E-state index is 13.5. The highest BCUT2D eigenvalue weighted by atomic mass is 32.2. The van der Waals surface area contributed by atoms with E-state index in [0.717, 1.165) is 30.4 Å². The van der Waals surface area contributed by atoms with Crippen molar-refractivity contribution in [3.05, 3.63) is 89.5 Å². The average molecular weight is 451 g/mol. The zero-order valence-corrected chi connectivity index (χ0v) is 19.7. The summed E-state index contributed by atoms with van der Waals surface area (Å²) >= 11 is 0. The summed E-state index contributed by atoms with van der Waals surface area (Å²) < 4.78 is 28.1. The van der Waals surface area contributed by atoms with E-state index in [9.17, 15) is 13.2 Å². The molecule has 0 aliphatic heterocycles. The third-order valence-corrected chi connectivity index (χ3v) is 7.08. The Bertz CT molecular complexity index is 1160. The van der Waals surface area contributed by atoms with Crippen LogP contribution in [-0.4, -0.2) is 20.9 Å². The van der Waals surface area contributed by atoms with Gasteiger partial charge in [0.05, 0.1) is 10.6 Å². The highest BCUT2D eigenvalue weighted by molar-refractivity contribution is 7.92. The van der Waals surface area contributed by atoms with Crippen LogP contribution in [0.5, 0.6) is 0 Å². The summed E-state index contributed by atoms with van der Waals surface area (Å²) in [5, 5.41) is 2.84. The lowest BCUT2D eigenvalue weighted by Crippen LogP contribution is -2.38. The largest absolute Gasteiger partial charge is 0.325 e. The van der Waals surface area contributed by atoms with Gasteiger partial charge in [-0.1, -0.05) is 55.8 Å². The van der Waals surface area contributed by atoms with Gasteiger partial charge in [0.25, 0.3) is 10.0 Å². The van der Waals surface area contributed by atoms with E-state index < -0.39 is 15.9 Å². The number of anilines is 2. The van der Waals surface area contributed by atoms with Crippen molar-refractivity contribution in [3.8, 4) is 0 Å². The summed E-state index contributed by atoms with van der Waals surface area (Å²) in [6.45, 7) is 5.57. The maximum atomic E-state index is 13.5. The van der Waals surface area contributed by atoms with Gasteiger partial charge < -0.3 is 5.32 Å². The van der Waals surface area contributed by atoms with Crippen LogP contribution in [0.25, 0.3) is 0 Å². The van der Waals surface area contributed by atoms with Gasteiger partial charge >= 0.3 is 0 Å². The minimum atomic E-state index is -3.93. The van der Waals surface area contributed by atoms with Crippen molar-refractivity contribution in [2.24, 2.45) is 0 Å². The third kappa shape index (κ3) is 5.77. The molecule has 0 saturated heterocycles. The third-order valence-electron chi connectivity index (χ3n) is 5.31. The van der Waals surface area contributed by atoms with Crippen molar-refractivity contribution in [1.29, 1.82) is 0 Å². The van der Waals surface area contributed by atoms with Gasteiger partial charge in [-0.25, -0.2) is 8.42 Å². The van der Waals surface area contributed by atoms with E-state index in [2.05, 4.69) is 12.2 Å². The summed E-state index contributed by atoms with van der Waals surface area (Å²) in [7, 11) is -3.93. The van der Waals surface area contributed by atoms with Crippen LogP contribution in [0.2, 0.25) is 0 Å². The van der Waals surface area contributed by atoms with Crippen LogP contribution in [0.3, 0.4) is 0 Å². The molecule has 0 fully saturated rings. The van der Waals surface area contributed by atoms with Gasteiger partial charge in [0.1, 0.15) is 6.54 Å². The minimum Gasteiger partial charge on any atom is -0.325 e. The fourth-order valence-electron chi connectivity index (χ4n) is 3.47. The Morgan fingerprint density at radius 2 is 1.62 bits per heavy atom. The van der Waals surface area contributed by atoms with Crippen molar-refractivity contribution in [1.82, 2.24) is 0 Å². The van der Waals surface area contributed by atoms with Crippen LogP contribution in [0.15, 0.2) is 77.7 Å². The number of sulfonamides is 1. The maximum Gasteiger partial charge on any atom is 0.264 e. The first-order chi connectivity index (χ1) is 15.3.